The number of nitrogens with zero attached hydrogens (tertiary/aromatic N) is 2. The van der Waals surface area contributed by atoms with Crippen LogP contribution in [0.25, 0.3) is 0 Å². The van der Waals surface area contributed by atoms with E-state index in [9.17, 15) is 4.79 Å². The van der Waals surface area contributed by atoms with E-state index in [1.54, 1.807) is 12.1 Å². The van der Waals surface area contributed by atoms with Crippen LogP contribution >= 0.6 is 11.6 Å². The Morgan fingerprint density at radius 2 is 1.81 bits per heavy atom. The molecular formula is C21H26ClN3O2. The lowest BCUT2D eigenvalue weighted by atomic mass is 10.2. The minimum Gasteiger partial charge on any atom is -0.494 e. The molecule has 0 atom stereocenters. The van der Waals surface area contributed by atoms with Gasteiger partial charge in [-0.2, -0.15) is 0 Å². The van der Waals surface area contributed by atoms with E-state index >= 15 is 0 Å². The number of carbonyl (C=O) groups is 1. The van der Waals surface area contributed by atoms with Gasteiger partial charge in [0.2, 0.25) is 0 Å². The van der Waals surface area contributed by atoms with E-state index in [-0.39, 0.29) is 5.91 Å². The van der Waals surface area contributed by atoms with E-state index in [1.807, 2.05) is 30.3 Å². The van der Waals surface area contributed by atoms with Crippen molar-refractivity contribution in [2.45, 2.75) is 13.3 Å². The first-order valence-electron chi connectivity index (χ1n) is 9.34. The number of anilines is 2. The van der Waals surface area contributed by atoms with Gasteiger partial charge in [-0.25, -0.2) is 0 Å². The van der Waals surface area contributed by atoms with Crippen LogP contribution in [0.1, 0.15) is 23.7 Å². The fourth-order valence-electron chi connectivity index (χ4n) is 3.01. The summed E-state index contributed by atoms with van der Waals surface area (Å²) in [6.45, 7) is 6.67. The number of hydrogen-bond acceptors (Lipinski definition) is 4. The van der Waals surface area contributed by atoms with Gasteiger partial charge in [-0.1, -0.05) is 18.5 Å². The zero-order chi connectivity index (χ0) is 19.2. The molecule has 1 aliphatic heterocycles. The number of carbonyl (C=O) groups excluding carboxylic acids is 1. The number of benzene rings is 2. The van der Waals surface area contributed by atoms with Crippen molar-refractivity contribution in [3.8, 4) is 5.75 Å². The van der Waals surface area contributed by atoms with Gasteiger partial charge in [-0.3, -0.25) is 4.79 Å². The fraction of sp³-hybridized carbons (Fsp3) is 0.381. The van der Waals surface area contributed by atoms with Crippen LogP contribution in [0.15, 0.2) is 42.5 Å². The number of amides is 1. The number of rotatable bonds is 6. The molecule has 1 heterocycles. The van der Waals surface area contributed by atoms with Crippen molar-refractivity contribution in [1.29, 1.82) is 0 Å². The van der Waals surface area contributed by atoms with Crippen molar-refractivity contribution in [2.24, 2.45) is 0 Å². The molecule has 2 aromatic rings. The standard InChI is InChI=1S/C21H26ClN3O2/c1-3-14-27-18-7-4-16(5-8-18)21(26)23-17-6-9-20(19(22)15-17)25-12-10-24(2)11-13-25/h4-9,15H,3,10-14H2,1-2H3,(H,23,26). The molecule has 1 saturated heterocycles. The van der Waals surface area contributed by atoms with Gasteiger partial charge in [-0.05, 0) is 55.9 Å². The Balaban J connectivity index is 1.63. The van der Waals surface area contributed by atoms with E-state index in [0.717, 1.165) is 44.0 Å². The summed E-state index contributed by atoms with van der Waals surface area (Å²) in [5, 5.41) is 3.56. The third-order valence-corrected chi connectivity index (χ3v) is 4.94. The Kier molecular flexibility index (Phi) is 6.58. The largest absolute Gasteiger partial charge is 0.494 e. The molecule has 1 fully saturated rings. The molecule has 0 saturated carbocycles. The predicted molar refractivity (Wildman–Crippen MR) is 111 cm³/mol. The lowest BCUT2D eigenvalue weighted by Gasteiger charge is -2.34. The summed E-state index contributed by atoms with van der Waals surface area (Å²) in [6, 6.07) is 12.8. The van der Waals surface area contributed by atoms with Gasteiger partial charge in [-0.15, -0.1) is 0 Å². The summed E-state index contributed by atoms with van der Waals surface area (Å²) in [7, 11) is 2.13. The molecule has 3 rings (SSSR count). The molecule has 144 valence electrons. The number of piperazine rings is 1. The Bertz CT molecular complexity index is 771. The summed E-state index contributed by atoms with van der Waals surface area (Å²) < 4.78 is 5.54. The third kappa shape index (κ3) is 5.15. The van der Waals surface area contributed by atoms with Gasteiger partial charge in [0, 0.05) is 37.4 Å². The zero-order valence-corrected chi connectivity index (χ0v) is 16.6. The molecule has 1 aliphatic rings. The van der Waals surface area contributed by atoms with Crippen LogP contribution in [0, 0.1) is 0 Å². The minimum atomic E-state index is -0.166. The number of hydrogen-bond donors (Lipinski definition) is 1. The van der Waals surface area contributed by atoms with Crippen LogP contribution in [0.3, 0.4) is 0 Å². The van der Waals surface area contributed by atoms with Crippen molar-refractivity contribution < 1.29 is 9.53 Å². The molecule has 2 aromatic carbocycles. The van der Waals surface area contributed by atoms with Gasteiger partial charge in [0.05, 0.1) is 17.3 Å². The average Bonchev–Trinajstić information content (AvgIpc) is 2.68. The summed E-state index contributed by atoms with van der Waals surface area (Å²) in [5.41, 5.74) is 2.28. The van der Waals surface area contributed by atoms with Gasteiger partial charge >= 0.3 is 0 Å². The molecule has 0 aromatic heterocycles. The topological polar surface area (TPSA) is 44.8 Å². The molecule has 6 heteroatoms. The van der Waals surface area contributed by atoms with Crippen LogP contribution in [-0.2, 0) is 0 Å². The Morgan fingerprint density at radius 3 is 2.44 bits per heavy atom. The molecule has 0 unspecified atom stereocenters. The molecule has 5 nitrogen and oxygen atoms in total. The summed E-state index contributed by atoms with van der Waals surface area (Å²) >= 11 is 6.47. The summed E-state index contributed by atoms with van der Waals surface area (Å²) in [5.74, 6) is 0.605. The molecule has 1 N–H and O–H groups in total. The Labute approximate surface area is 165 Å². The third-order valence-electron chi connectivity index (χ3n) is 4.64. The number of nitrogens with one attached hydrogen (secondary N) is 1. The van der Waals surface area contributed by atoms with Crippen molar-refractivity contribution in [3.63, 3.8) is 0 Å². The number of halogens is 1. The highest BCUT2D eigenvalue weighted by Gasteiger charge is 2.17. The second-order valence-corrected chi connectivity index (χ2v) is 7.19. The molecular weight excluding hydrogens is 362 g/mol. The fourth-order valence-corrected chi connectivity index (χ4v) is 3.31. The molecule has 1 amide bonds. The average molecular weight is 388 g/mol. The zero-order valence-electron chi connectivity index (χ0n) is 15.9. The highest BCUT2D eigenvalue weighted by atomic mass is 35.5. The summed E-state index contributed by atoms with van der Waals surface area (Å²) in [6.07, 6.45) is 0.952. The van der Waals surface area contributed by atoms with E-state index in [0.29, 0.717) is 22.9 Å². The van der Waals surface area contributed by atoms with Crippen LogP contribution < -0.4 is 15.0 Å². The van der Waals surface area contributed by atoms with Gasteiger partial charge in [0.25, 0.3) is 5.91 Å². The van der Waals surface area contributed by atoms with Crippen molar-refractivity contribution >= 4 is 28.9 Å². The van der Waals surface area contributed by atoms with Gasteiger partial charge in [0.15, 0.2) is 0 Å². The number of ether oxygens (including phenoxy) is 1. The molecule has 0 spiro atoms. The first-order valence-corrected chi connectivity index (χ1v) is 9.72. The summed E-state index contributed by atoms with van der Waals surface area (Å²) in [4.78, 5) is 17.0. The maximum absolute atomic E-state index is 12.5. The monoisotopic (exact) mass is 387 g/mol. The SMILES string of the molecule is CCCOc1ccc(C(=O)Nc2ccc(N3CCN(C)CC3)c(Cl)c2)cc1. The first kappa shape index (κ1) is 19.5. The number of likely N-dealkylation sites (N-methyl/N-ethyl adjacent to an activating group) is 1. The second-order valence-electron chi connectivity index (χ2n) is 6.78. The quantitative estimate of drug-likeness (QED) is 0.809. The van der Waals surface area contributed by atoms with Crippen LogP contribution in [-0.4, -0.2) is 50.6 Å². The van der Waals surface area contributed by atoms with Gasteiger partial charge in [0.1, 0.15) is 5.75 Å². The lowest BCUT2D eigenvalue weighted by molar-refractivity contribution is 0.102. The second kappa shape index (κ2) is 9.11. The lowest BCUT2D eigenvalue weighted by Crippen LogP contribution is -2.44. The van der Waals surface area contributed by atoms with Crippen LogP contribution in [0.2, 0.25) is 5.02 Å². The van der Waals surface area contributed by atoms with E-state index < -0.39 is 0 Å². The maximum Gasteiger partial charge on any atom is 0.255 e. The van der Waals surface area contributed by atoms with Crippen molar-refractivity contribution in [2.75, 3.05) is 50.1 Å². The van der Waals surface area contributed by atoms with E-state index in [2.05, 4.69) is 29.1 Å². The molecule has 0 radical (unpaired) electrons. The predicted octanol–water partition coefficient (Wildman–Crippen LogP) is 4.13. The van der Waals surface area contributed by atoms with E-state index in [4.69, 9.17) is 16.3 Å². The van der Waals surface area contributed by atoms with Crippen LogP contribution in [0.5, 0.6) is 5.75 Å². The Hall–Kier alpha value is -2.24. The molecule has 27 heavy (non-hydrogen) atoms. The first-order chi connectivity index (χ1) is 13.1. The minimum absolute atomic E-state index is 0.166. The highest BCUT2D eigenvalue weighted by molar-refractivity contribution is 6.33. The maximum atomic E-state index is 12.5. The normalized spacial score (nSPS) is 14.9. The Morgan fingerprint density at radius 1 is 1.11 bits per heavy atom. The smallest absolute Gasteiger partial charge is 0.255 e. The molecule has 0 bridgehead atoms. The van der Waals surface area contributed by atoms with Crippen molar-refractivity contribution in [1.82, 2.24) is 4.90 Å². The van der Waals surface area contributed by atoms with Gasteiger partial charge < -0.3 is 19.9 Å². The highest BCUT2D eigenvalue weighted by Crippen LogP contribution is 2.29. The van der Waals surface area contributed by atoms with Crippen molar-refractivity contribution in [3.05, 3.63) is 53.1 Å². The van der Waals surface area contributed by atoms with Crippen LogP contribution in [0.4, 0.5) is 11.4 Å². The van der Waals surface area contributed by atoms with E-state index in [1.165, 1.54) is 0 Å². The molecule has 0 aliphatic carbocycles.